The molecule has 1 aromatic rings. The fourth-order valence-corrected chi connectivity index (χ4v) is 3.31. The molecule has 2 amide bonds. The molecule has 0 aliphatic heterocycles. The lowest BCUT2D eigenvalue weighted by molar-refractivity contribution is -0.613. The van der Waals surface area contributed by atoms with Crippen LogP contribution in [0.15, 0.2) is 85.3 Å². The number of rotatable bonds is 18. The molecule has 0 radical (unpaired) electrons. The van der Waals surface area contributed by atoms with Gasteiger partial charge in [-0.3, -0.25) is 9.59 Å². The fourth-order valence-electron chi connectivity index (χ4n) is 3.31. The minimum Gasteiger partial charge on any atom is -0.618 e. The second kappa shape index (κ2) is 20.3. The molecule has 1 rings (SSSR count). The Morgan fingerprint density at radius 2 is 1.36 bits per heavy atom. The summed E-state index contributed by atoms with van der Waals surface area (Å²) in [5.74, 6) is -0.542. The topological polar surface area (TPSA) is 98.0 Å². The lowest BCUT2D eigenvalue weighted by Gasteiger charge is -2.26. The first kappa shape index (κ1) is 33.3. The van der Waals surface area contributed by atoms with E-state index in [1.54, 1.807) is 6.92 Å². The molecule has 0 aromatic carbocycles. The molecule has 0 saturated carbocycles. The Morgan fingerprint density at radius 1 is 0.872 bits per heavy atom. The van der Waals surface area contributed by atoms with Gasteiger partial charge in [0.25, 0.3) is 5.91 Å². The molecule has 2 N–H and O–H groups in total. The fraction of sp³-hybridized carbons (Fsp3) is 0.438. The van der Waals surface area contributed by atoms with Crippen molar-refractivity contribution in [1.29, 1.82) is 0 Å². The highest BCUT2D eigenvalue weighted by Gasteiger charge is 2.22. The normalized spacial score (nSPS) is 12.7. The van der Waals surface area contributed by atoms with Crippen LogP contribution in [0.5, 0.6) is 0 Å². The average Bonchev–Trinajstić information content (AvgIpc) is 2.90. The van der Waals surface area contributed by atoms with E-state index in [4.69, 9.17) is 0 Å². The maximum atomic E-state index is 12.3. The van der Waals surface area contributed by atoms with Crippen LogP contribution >= 0.6 is 0 Å². The first-order chi connectivity index (χ1) is 18.7. The van der Waals surface area contributed by atoms with E-state index >= 15 is 0 Å². The first-order valence-electron chi connectivity index (χ1n) is 13.8. The Kier molecular flexibility index (Phi) is 17.3. The van der Waals surface area contributed by atoms with Crippen molar-refractivity contribution in [2.45, 2.75) is 84.6 Å². The van der Waals surface area contributed by atoms with Gasteiger partial charge in [-0.1, -0.05) is 79.8 Å². The van der Waals surface area contributed by atoms with Gasteiger partial charge >= 0.3 is 0 Å². The van der Waals surface area contributed by atoms with Gasteiger partial charge in [0.15, 0.2) is 5.69 Å². The zero-order valence-corrected chi connectivity index (χ0v) is 24.1. The third-order valence-corrected chi connectivity index (χ3v) is 5.51. The number of carbonyl (C=O) groups is 2. The molecule has 0 aliphatic rings. The summed E-state index contributed by atoms with van der Waals surface area (Å²) >= 11 is 0. The summed E-state index contributed by atoms with van der Waals surface area (Å²) in [7, 11) is 0. The Morgan fingerprint density at radius 3 is 1.85 bits per heavy atom. The van der Waals surface area contributed by atoms with Crippen molar-refractivity contribution in [3.05, 3.63) is 102 Å². The first-order valence-corrected chi connectivity index (χ1v) is 13.8. The maximum Gasteiger partial charge on any atom is 0.276 e. The largest absolute Gasteiger partial charge is 0.618 e. The van der Waals surface area contributed by atoms with Crippen molar-refractivity contribution in [3.63, 3.8) is 0 Å². The Balaban J connectivity index is 2.14. The smallest absolute Gasteiger partial charge is 0.276 e. The number of nitrogens with zero attached hydrogens (tertiary/aromatic N) is 2. The highest BCUT2D eigenvalue weighted by Crippen LogP contribution is 2.04. The second-order valence-electron chi connectivity index (χ2n) is 9.81. The number of allylic oxidation sites excluding steroid dienone is 12. The van der Waals surface area contributed by atoms with Gasteiger partial charge in [0.05, 0.1) is 11.7 Å². The summed E-state index contributed by atoms with van der Waals surface area (Å²) in [4.78, 5) is 28.5. The number of hydrogen-bond donors (Lipinski definition) is 2. The van der Waals surface area contributed by atoms with Crippen molar-refractivity contribution < 1.29 is 14.3 Å². The SMILES string of the molecule is CC/C=C\C/C=C\C/C=C\C/C=C\C/C=C\C/C=C\CCC(=O)NC(C)(C)CNC(=O)c1c[n+]([O-])c(C)cn1. The number of aromatic nitrogens is 2. The van der Waals surface area contributed by atoms with Crippen molar-refractivity contribution in [3.8, 4) is 0 Å². The van der Waals surface area contributed by atoms with Crippen LogP contribution < -0.4 is 15.4 Å². The van der Waals surface area contributed by atoms with Gasteiger partial charge in [0, 0.05) is 19.9 Å². The maximum absolute atomic E-state index is 12.3. The number of carbonyl (C=O) groups excluding carboxylic acids is 2. The number of aryl methyl sites for hydroxylation is 1. The zero-order chi connectivity index (χ0) is 28.8. The van der Waals surface area contributed by atoms with E-state index in [2.05, 4.69) is 89.4 Å². The lowest BCUT2D eigenvalue weighted by Crippen LogP contribution is -2.51. The highest BCUT2D eigenvalue weighted by atomic mass is 16.5. The average molecular weight is 535 g/mol. The molecule has 7 nitrogen and oxygen atoms in total. The van der Waals surface area contributed by atoms with Crippen molar-refractivity contribution in [2.75, 3.05) is 6.54 Å². The van der Waals surface area contributed by atoms with Crippen LogP contribution in [0.3, 0.4) is 0 Å². The van der Waals surface area contributed by atoms with Crippen LogP contribution in [-0.2, 0) is 4.79 Å². The lowest BCUT2D eigenvalue weighted by atomic mass is 10.0. The van der Waals surface area contributed by atoms with E-state index in [-0.39, 0.29) is 18.1 Å². The Hall–Kier alpha value is -3.74. The Bertz CT molecular complexity index is 1050. The Labute approximate surface area is 234 Å². The van der Waals surface area contributed by atoms with Crippen molar-refractivity contribution in [1.82, 2.24) is 15.6 Å². The quantitative estimate of drug-likeness (QED) is 0.135. The standard InChI is InChI=1S/C32H46N4O3/c1-5-6-7-8-9-10-11-12-13-14-15-16-17-18-19-20-21-22-23-24-30(37)35-32(3,4)27-34-31(38)29-26-36(39)28(2)25-33-29/h6-7,9-10,12-13,15-16,18-19,21-22,25-26H,5,8,11,14,17,20,23-24,27H2,1-4H3,(H,34,38)(H,35,37)/b7-6-,10-9-,13-12-,16-15-,19-18-,22-21-. The molecule has 0 spiro atoms. The van der Waals surface area contributed by atoms with Crippen LogP contribution in [0.2, 0.25) is 0 Å². The molecule has 212 valence electrons. The molecular formula is C32H46N4O3. The van der Waals surface area contributed by atoms with Gasteiger partial charge in [-0.05, 0) is 58.8 Å². The minimum absolute atomic E-state index is 0.0374. The van der Waals surface area contributed by atoms with Crippen molar-refractivity contribution >= 4 is 11.8 Å². The van der Waals surface area contributed by atoms with Gasteiger partial charge < -0.3 is 15.8 Å². The van der Waals surface area contributed by atoms with Gasteiger partial charge in [-0.2, -0.15) is 4.73 Å². The second-order valence-corrected chi connectivity index (χ2v) is 9.81. The summed E-state index contributed by atoms with van der Waals surface area (Å²) in [6, 6.07) is 0. The molecular weight excluding hydrogens is 488 g/mol. The molecule has 1 aromatic heterocycles. The molecule has 0 aliphatic carbocycles. The van der Waals surface area contributed by atoms with E-state index in [1.807, 2.05) is 19.9 Å². The molecule has 7 heteroatoms. The van der Waals surface area contributed by atoms with Crippen LogP contribution in [0, 0.1) is 12.1 Å². The van der Waals surface area contributed by atoms with E-state index in [9.17, 15) is 14.8 Å². The summed E-state index contributed by atoms with van der Waals surface area (Å²) in [6.07, 6.45) is 35.1. The van der Waals surface area contributed by atoms with E-state index in [0.29, 0.717) is 23.3 Å². The third-order valence-electron chi connectivity index (χ3n) is 5.51. The molecule has 39 heavy (non-hydrogen) atoms. The van der Waals surface area contributed by atoms with Crippen molar-refractivity contribution in [2.24, 2.45) is 0 Å². The summed E-state index contributed by atoms with van der Waals surface area (Å²) in [6.45, 7) is 7.63. The third kappa shape index (κ3) is 17.4. The predicted octanol–water partition coefficient (Wildman–Crippen LogP) is 6.13. The number of nitrogens with one attached hydrogen (secondary N) is 2. The summed E-state index contributed by atoms with van der Waals surface area (Å²) in [5.41, 5.74) is -0.190. The van der Waals surface area contributed by atoms with Gasteiger partial charge in [0.1, 0.15) is 0 Å². The zero-order valence-electron chi connectivity index (χ0n) is 24.1. The van der Waals surface area contributed by atoms with E-state index in [1.165, 1.54) is 6.20 Å². The van der Waals surface area contributed by atoms with Crippen LogP contribution in [0.4, 0.5) is 0 Å². The predicted molar refractivity (Wildman–Crippen MR) is 160 cm³/mol. The summed E-state index contributed by atoms with van der Waals surface area (Å²) < 4.78 is 0.601. The molecule has 0 saturated heterocycles. The van der Waals surface area contributed by atoms with Gasteiger partial charge in [0.2, 0.25) is 17.8 Å². The van der Waals surface area contributed by atoms with Crippen LogP contribution in [0.1, 0.15) is 88.3 Å². The summed E-state index contributed by atoms with van der Waals surface area (Å²) in [5, 5.41) is 17.3. The molecule has 0 unspecified atom stereocenters. The molecule has 0 fully saturated rings. The number of hydrogen-bond acceptors (Lipinski definition) is 4. The van der Waals surface area contributed by atoms with E-state index in [0.717, 1.165) is 44.7 Å². The van der Waals surface area contributed by atoms with Gasteiger partial charge in [-0.25, -0.2) is 4.98 Å². The molecule has 1 heterocycles. The van der Waals surface area contributed by atoms with Crippen LogP contribution in [0.25, 0.3) is 0 Å². The molecule has 0 bridgehead atoms. The minimum atomic E-state index is -0.636. The highest BCUT2D eigenvalue weighted by molar-refractivity contribution is 5.91. The molecule has 0 atom stereocenters. The number of amides is 2. The van der Waals surface area contributed by atoms with Crippen LogP contribution in [-0.4, -0.2) is 28.9 Å². The van der Waals surface area contributed by atoms with E-state index < -0.39 is 11.4 Å². The van der Waals surface area contributed by atoms with Gasteiger partial charge in [-0.15, -0.1) is 0 Å². The monoisotopic (exact) mass is 534 g/mol.